The molecule has 6 heteroatoms. The highest BCUT2D eigenvalue weighted by Gasteiger charge is 2.18. The molecule has 1 aromatic carbocycles. The number of anilines is 1. The molecule has 19 heavy (non-hydrogen) atoms. The Bertz CT molecular complexity index is 600. The van der Waals surface area contributed by atoms with Gasteiger partial charge in [0.2, 0.25) is 0 Å². The maximum absolute atomic E-state index is 13.3. The number of aromatic nitrogens is 2. The van der Waals surface area contributed by atoms with Crippen molar-refractivity contribution in [3.05, 3.63) is 41.3 Å². The third-order valence-corrected chi connectivity index (χ3v) is 3.04. The van der Waals surface area contributed by atoms with Crippen LogP contribution in [0.25, 0.3) is 11.4 Å². The van der Waals surface area contributed by atoms with Gasteiger partial charge in [-0.15, -0.1) is 0 Å². The molecule has 2 heterocycles. The van der Waals surface area contributed by atoms with Crippen molar-refractivity contribution in [2.45, 2.75) is 13.0 Å². The molecule has 0 bridgehead atoms. The first-order valence-electron chi connectivity index (χ1n) is 5.98. The van der Waals surface area contributed by atoms with Crippen LogP contribution in [0, 0.1) is 5.82 Å². The van der Waals surface area contributed by atoms with Crippen LogP contribution in [-0.2, 0) is 17.8 Å². The smallest absolute Gasteiger partial charge is 0.161 e. The zero-order valence-corrected chi connectivity index (χ0v) is 10.2. The van der Waals surface area contributed by atoms with E-state index in [4.69, 9.17) is 10.6 Å². The Balaban J connectivity index is 2.12. The summed E-state index contributed by atoms with van der Waals surface area (Å²) < 4.78 is 18.6. The van der Waals surface area contributed by atoms with Crippen LogP contribution in [-0.4, -0.2) is 16.6 Å². The molecule has 0 spiro atoms. The Morgan fingerprint density at radius 3 is 3.00 bits per heavy atom. The fraction of sp³-hybridized carbons (Fsp3) is 0.231. The van der Waals surface area contributed by atoms with E-state index in [1.165, 1.54) is 12.1 Å². The summed E-state index contributed by atoms with van der Waals surface area (Å²) in [5, 5.41) is 0. The van der Waals surface area contributed by atoms with Gasteiger partial charge in [-0.2, -0.15) is 0 Å². The molecule has 0 radical (unpaired) electrons. The van der Waals surface area contributed by atoms with Crippen LogP contribution in [0.15, 0.2) is 24.3 Å². The van der Waals surface area contributed by atoms with Crippen molar-refractivity contribution >= 4 is 5.82 Å². The highest BCUT2D eigenvalue weighted by molar-refractivity contribution is 5.59. The van der Waals surface area contributed by atoms with E-state index < -0.39 is 0 Å². The van der Waals surface area contributed by atoms with Crippen LogP contribution in [0.4, 0.5) is 10.2 Å². The molecule has 0 atom stereocenters. The molecule has 0 unspecified atom stereocenters. The number of ether oxygens (including phenoxy) is 1. The fourth-order valence-electron chi connectivity index (χ4n) is 2.11. The van der Waals surface area contributed by atoms with Crippen molar-refractivity contribution in [2.75, 3.05) is 12.0 Å². The summed E-state index contributed by atoms with van der Waals surface area (Å²) in [5.74, 6) is 6.16. The highest BCUT2D eigenvalue weighted by atomic mass is 19.1. The number of hydrogen-bond donors (Lipinski definition) is 2. The summed E-state index contributed by atoms with van der Waals surface area (Å²) in [6.07, 6.45) is 0.703. The molecule has 5 nitrogen and oxygen atoms in total. The standard InChI is InChI=1S/C13H13FN4O/c14-9-3-1-2-8(6-9)12-16-11-4-5-19-7-10(11)13(17-12)18-15/h1-3,6H,4-5,7,15H2,(H,16,17,18). The topological polar surface area (TPSA) is 73.1 Å². The third-order valence-electron chi connectivity index (χ3n) is 3.04. The van der Waals surface area contributed by atoms with Gasteiger partial charge in [0.15, 0.2) is 5.82 Å². The van der Waals surface area contributed by atoms with Gasteiger partial charge in [0, 0.05) is 17.5 Å². The Hall–Kier alpha value is -2.05. The highest BCUT2D eigenvalue weighted by Crippen LogP contribution is 2.25. The van der Waals surface area contributed by atoms with Gasteiger partial charge in [0.1, 0.15) is 11.6 Å². The van der Waals surface area contributed by atoms with E-state index in [9.17, 15) is 4.39 Å². The number of nitrogens with zero attached hydrogens (tertiary/aromatic N) is 2. The lowest BCUT2D eigenvalue weighted by Crippen LogP contribution is -2.19. The van der Waals surface area contributed by atoms with Crippen molar-refractivity contribution < 1.29 is 9.13 Å². The number of rotatable bonds is 2. The van der Waals surface area contributed by atoms with Crippen LogP contribution < -0.4 is 11.3 Å². The summed E-state index contributed by atoms with van der Waals surface area (Å²) in [4.78, 5) is 8.80. The molecular formula is C13H13FN4O. The number of hydrogen-bond acceptors (Lipinski definition) is 5. The lowest BCUT2D eigenvalue weighted by molar-refractivity contribution is 0.109. The van der Waals surface area contributed by atoms with E-state index in [-0.39, 0.29) is 5.82 Å². The lowest BCUT2D eigenvalue weighted by atomic mass is 10.1. The Kier molecular flexibility index (Phi) is 3.10. The van der Waals surface area contributed by atoms with Crippen molar-refractivity contribution in [2.24, 2.45) is 5.84 Å². The van der Waals surface area contributed by atoms with Gasteiger partial charge in [-0.05, 0) is 12.1 Å². The number of nitrogens with one attached hydrogen (secondary N) is 1. The van der Waals surface area contributed by atoms with Crippen molar-refractivity contribution in [3.8, 4) is 11.4 Å². The SMILES string of the molecule is NNc1nc(-c2cccc(F)c2)nc2c1COCC2. The summed E-state index contributed by atoms with van der Waals surface area (Å²) in [6, 6.07) is 6.19. The zero-order chi connectivity index (χ0) is 13.2. The van der Waals surface area contributed by atoms with Crippen molar-refractivity contribution in [3.63, 3.8) is 0 Å². The van der Waals surface area contributed by atoms with Crippen LogP contribution >= 0.6 is 0 Å². The molecule has 3 N–H and O–H groups in total. The summed E-state index contributed by atoms with van der Waals surface area (Å²) in [5.41, 5.74) is 4.95. The van der Waals surface area contributed by atoms with E-state index in [0.717, 1.165) is 11.3 Å². The van der Waals surface area contributed by atoms with Crippen LogP contribution in [0.1, 0.15) is 11.3 Å². The predicted molar refractivity (Wildman–Crippen MR) is 68.6 cm³/mol. The van der Waals surface area contributed by atoms with Gasteiger partial charge in [0.25, 0.3) is 0 Å². The Morgan fingerprint density at radius 2 is 2.21 bits per heavy atom. The van der Waals surface area contributed by atoms with Gasteiger partial charge in [0.05, 0.1) is 18.9 Å². The fourth-order valence-corrected chi connectivity index (χ4v) is 2.11. The first kappa shape index (κ1) is 12.0. The average molecular weight is 260 g/mol. The number of hydrazine groups is 1. The molecule has 2 aromatic rings. The molecular weight excluding hydrogens is 247 g/mol. The van der Waals surface area contributed by atoms with E-state index in [1.54, 1.807) is 12.1 Å². The van der Waals surface area contributed by atoms with Crippen LogP contribution in [0.2, 0.25) is 0 Å². The molecule has 0 aliphatic carbocycles. The minimum Gasteiger partial charge on any atom is -0.376 e. The Labute approximate surface area is 109 Å². The number of halogens is 1. The minimum absolute atomic E-state index is 0.315. The predicted octanol–water partition coefficient (Wildman–Crippen LogP) is 1.64. The zero-order valence-electron chi connectivity index (χ0n) is 10.2. The van der Waals surface area contributed by atoms with Crippen molar-refractivity contribution in [1.29, 1.82) is 0 Å². The molecule has 1 aromatic heterocycles. The van der Waals surface area contributed by atoms with E-state index in [0.29, 0.717) is 36.8 Å². The van der Waals surface area contributed by atoms with Gasteiger partial charge in [-0.3, -0.25) is 0 Å². The molecule has 98 valence electrons. The van der Waals surface area contributed by atoms with Crippen LogP contribution in [0.5, 0.6) is 0 Å². The maximum atomic E-state index is 13.3. The normalized spacial score (nSPS) is 14.0. The van der Waals surface area contributed by atoms with Gasteiger partial charge < -0.3 is 10.2 Å². The first-order valence-corrected chi connectivity index (χ1v) is 5.98. The van der Waals surface area contributed by atoms with Gasteiger partial charge in [-0.25, -0.2) is 20.2 Å². The molecule has 0 saturated carbocycles. The number of nitrogen functional groups attached to an aromatic ring is 1. The first-order chi connectivity index (χ1) is 9.28. The number of fused-ring (bicyclic) bond motifs is 1. The van der Waals surface area contributed by atoms with Crippen molar-refractivity contribution in [1.82, 2.24) is 9.97 Å². The molecule has 1 aliphatic rings. The average Bonchev–Trinajstić information content (AvgIpc) is 2.46. The van der Waals surface area contributed by atoms with E-state index in [1.807, 2.05) is 0 Å². The van der Waals surface area contributed by atoms with Gasteiger partial charge >= 0.3 is 0 Å². The molecule has 3 rings (SSSR count). The van der Waals surface area contributed by atoms with Crippen LogP contribution in [0.3, 0.4) is 0 Å². The third kappa shape index (κ3) is 2.27. The van der Waals surface area contributed by atoms with E-state index >= 15 is 0 Å². The minimum atomic E-state index is -0.315. The summed E-state index contributed by atoms with van der Waals surface area (Å²) in [6.45, 7) is 1.06. The number of nitrogens with two attached hydrogens (primary N) is 1. The lowest BCUT2D eigenvalue weighted by Gasteiger charge is -2.19. The summed E-state index contributed by atoms with van der Waals surface area (Å²) in [7, 11) is 0. The second-order valence-electron chi connectivity index (χ2n) is 4.28. The maximum Gasteiger partial charge on any atom is 0.161 e. The molecule has 0 fully saturated rings. The summed E-state index contributed by atoms with van der Waals surface area (Å²) >= 11 is 0. The molecule has 0 amide bonds. The second kappa shape index (κ2) is 4.91. The Morgan fingerprint density at radius 1 is 1.32 bits per heavy atom. The monoisotopic (exact) mass is 260 g/mol. The molecule has 0 saturated heterocycles. The largest absolute Gasteiger partial charge is 0.376 e. The quantitative estimate of drug-likeness (QED) is 0.634. The molecule has 1 aliphatic heterocycles. The second-order valence-corrected chi connectivity index (χ2v) is 4.28. The van der Waals surface area contributed by atoms with E-state index in [2.05, 4.69) is 15.4 Å². The van der Waals surface area contributed by atoms with Gasteiger partial charge in [-0.1, -0.05) is 12.1 Å². The number of benzene rings is 1.